The van der Waals surface area contributed by atoms with Gasteiger partial charge in [0.15, 0.2) is 0 Å². The van der Waals surface area contributed by atoms with E-state index in [4.69, 9.17) is 0 Å². The van der Waals surface area contributed by atoms with E-state index in [0.717, 1.165) is 34.5 Å². The van der Waals surface area contributed by atoms with Crippen molar-refractivity contribution in [2.45, 2.75) is 57.4 Å². The van der Waals surface area contributed by atoms with E-state index in [1.165, 1.54) is 43.5 Å². The summed E-state index contributed by atoms with van der Waals surface area (Å²) >= 11 is 3.41. The molecule has 1 aromatic heterocycles. The Kier molecular flexibility index (Phi) is 5.68. The number of fused-ring (bicyclic) bond motifs is 4. The number of aromatic nitrogens is 1. The lowest BCUT2D eigenvalue weighted by Crippen LogP contribution is -2.58. The third-order valence-corrected chi connectivity index (χ3v) is 8.50. The first-order valence-electron chi connectivity index (χ1n) is 11.7. The van der Waals surface area contributed by atoms with Gasteiger partial charge in [-0.2, -0.15) is 0 Å². The first kappa shape index (κ1) is 21.1. The quantitative estimate of drug-likeness (QED) is 0.647. The summed E-state index contributed by atoms with van der Waals surface area (Å²) in [5.41, 5.74) is 4.79. The summed E-state index contributed by atoms with van der Waals surface area (Å²) in [5, 5.41) is 3.08. The Bertz CT molecular complexity index is 971. The minimum Gasteiger partial charge on any atom is -0.352 e. The zero-order valence-corrected chi connectivity index (χ0v) is 20.1. The van der Waals surface area contributed by atoms with Gasteiger partial charge in [-0.3, -0.25) is 14.7 Å². The number of rotatable bonds is 6. The average molecular weight is 482 g/mol. The standard InChI is InChI=1S/C26H32BrN3O/c1-17-24-14-19-5-6-20(25(31)28-11-9-22-8-7-21(27)15-29-22)13-23(19)26(17,2)10-12-30(24)16-18-3-4-18/h5-8,13,15,17-18,24H,3-4,9-12,14,16H2,1-2H3,(H,28,31). The summed E-state index contributed by atoms with van der Waals surface area (Å²) in [6.07, 6.45) is 7.67. The van der Waals surface area contributed by atoms with E-state index < -0.39 is 0 Å². The van der Waals surface area contributed by atoms with Crippen LogP contribution >= 0.6 is 15.9 Å². The summed E-state index contributed by atoms with van der Waals surface area (Å²) in [4.78, 5) is 20.0. The predicted molar refractivity (Wildman–Crippen MR) is 127 cm³/mol. The first-order valence-corrected chi connectivity index (χ1v) is 12.5. The number of benzene rings is 1. The van der Waals surface area contributed by atoms with Crippen molar-refractivity contribution in [1.82, 2.24) is 15.2 Å². The van der Waals surface area contributed by atoms with E-state index in [0.29, 0.717) is 18.5 Å². The SMILES string of the molecule is CC1C2Cc3ccc(C(=O)NCCc4ccc(Br)cn4)cc3C1(C)CCN2CC1CC1. The summed E-state index contributed by atoms with van der Waals surface area (Å²) in [7, 11) is 0. The highest BCUT2D eigenvalue weighted by Gasteiger charge is 2.49. The number of nitrogens with zero attached hydrogens (tertiary/aromatic N) is 2. The number of nitrogens with one attached hydrogen (secondary N) is 1. The maximum Gasteiger partial charge on any atom is 0.251 e. The second kappa shape index (κ2) is 8.32. The van der Waals surface area contributed by atoms with Crippen molar-refractivity contribution in [3.8, 4) is 0 Å². The Balaban J connectivity index is 1.28. The van der Waals surface area contributed by atoms with Gasteiger partial charge in [0.2, 0.25) is 0 Å². The minimum absolute atomic E-state index is 0.0180. The van der Waals surface area contributed by atoms with E-state index in [1.54, 1.807) is 6.20 Å². The van der Waals surface area contributed by atoms with Crippen molar-refractivity contribution in [2.75, 3.05) is 19.6 Å². The second-order valence-corrected chi connectivity index (χ2v) is 10.9. The highest BCUT2D eigenvalue weighted by Crippen LogP contribution is 2.49. The highest BCUT2D eigenvalue weighted by atomic mass is 79.9. The van der Waals surface area contributed by atoms with Crippen molar-refractivity contribution >= 4 is 21.8 Å². The number of hydrogen-bond acceptors (Lipinski definition) is 3. The van der Waals surface area contributed by atoms with E-state index in [-0.39, 0.29) is 11.3 Å². The van der Waals surface area contributed by atoms with Crippen molar-refractivity contribution in [3.05, 3.63) is 63.4 Å². The second-order valence-electron chi connectivity index (χ2n) is 10.0. The van der Waals surface area contributed by atoms with E-state index >= 15 is 0 Å². The maximum atomic E-state index is 12.9. The van der Waals surface area contributed by atoms with Gasteiger partial charge in [0.05, 0.1) is 0 Å². The molecule has 2 bridgehead atoms. The molecule has 2 fully saturated rings. The summed E-state index contributed by atoms with van der Waals surface area (Å²) < 4.78 is 0.970. The fourth-order valence-electron chi connectivity index (χ4n) is 5.67. The molecule has 4 nitrogen and oxygen atoms in total. The maximum absolute atomic E-state index is 12.9. The summed E-state index contributed by atoms with van der Waals surface area (Å²) in [5.74, 6) is 1.58. The number of hydrogen-bond donors (Lipinski definition) is 1. The summed E-state index contributed by atoms with van der Waals surface area (Å²) in [6.45, 7) is 7.94. The van der Waals surface area contributed by atoms with E-state index in [1.807, 2.05) is 18.2 Å². The molecular weight excluding hydrogens is 450 g/mol. The van der Waals surface area contributed by atoms with Crippen LogP contribution in [0.5, 0.6) is 0 Å². The van der Waals surface area contributed by atoms with Gasteiger partial charge >= 0.3 is 0 Å². The molecule has 1 aromatic carbocycles. The molecule has 2 aliphatic carbocycles. The molecule has 5 heteroatoms. The molecule has 1 amide bonds. The van der Waals surface area contributed by atoms with E-state index in [9.17, 15) is 4.79 Å². The van der Waals surface area contributed by atoms with Crippen LogP contribution in [-0.4, -0.2) is 41.5 Å². The highest BCUT2D eigenvalue weighted by molar-refractivity contribution is 9.10. The zero-order valence-electron chi connectivity index (χ0n) is 18.5. The smallest absolute Gasteiger partial charge is 0.251 e. The Morgan fingerprint density at radius 2 is 2.13 bits per heavy atom. The number of carbonyl (C=O) groups excluding carboxylic acids is 1. The van der Waals surface area contributed by atoms with Gasteiger partial charge in [-0.15, -0.1) is 0 Å². The Hall–Kier alpha value is -1.72. The van der Waals surface area contributed by atoms with Gasteiger partial charge in [0, 0.05) is 47.5 Å². The van der Waals surface area contributed by atoms with Crippen LogP contribution in [0, 0.1) is 11.8 Å². The van der Waals surface area contributed by atoms with Gasteiger partial charge in [-0.05, 0) is 101 Å². The first-order chi connectivity index (χ1) is 14.9. The number of amides is 1. The summed E-state index contributed by atoms with van der Waals surface area (Å²) in [6, 6.07) is 11.0. The molecule has 2 aromatic rings. The lowest BCUT2D eigenvalue weighted by atomic mass is 9.59. The molecule has 0 radical (unpaired) electrons. The van der Waals surface area contributed by atoms with Crippen LogP contribution in [0.4, 0.5) is 0 Å². The van der Waals surface area contributed by atoms with Crippen molar-refractivity contribution in [3.63, 3.8) is 0 Å². The van der Waals surface area contributed by atoms with E-state index in [2.05, 4.69) is 57.1 Å². The topological polar surface area (TPSA) is 45.2 Å². The number of pyridine rings is 1. The largest absolute Gasteiger partial charge is 0.352 e. The molecule has 1 saturated carbocycles. The number of piperidine rings is 1. The van der Waals surface area contributed by atoms with Crippen LogP contribution in [0.25, 0.3) is 0 Å². The Labute approximate surface area is 194 Å². The molecule has 1 aliphatic heterocycles. The molecule has 1 N–H and O–H groups in total. The predicted octanol–water partition coefficient (Wildman–Crippen LogP) is 4.75. The van der Waals surface area contributed by atoms with Crippen molar-refractivity contribution in [1.29, 1.82) is 0 Å². The number of carbonyl (C=O) groups is 1. The molecule has 1 saturated heterocycles. The molecule has 3 aliphatic rings. The minimum atomic E-state index is 0.0180. The molecular formula is C26H32BrN3O. The van der Waals surface area contributed by atoms with Crippen molar-refractivity contribution in [2.24, 2.45) is 11.8 Å². The lowest BCUT2D eigenvalue weighted by molar-refractivity contribution is 0.0284. The zero-order chi connectivity index (χ0) is 21.6. The fourth-order valence-corrected chi connectivity index (χ4v) is 5.90. The monoisotopic (exact) mass is 481 g/mol. The van der Waals surface area contributed by atoms with Crippen molar-refractivity contribution < 1.29 is 4.79 Å². The van der Waals surface area contributed by atoms with Crippen LogP contribution in [0.3, 0.4) is 0 Å². The number of halogens is 1. The third-order valence-electron chi connectivity index (χ3n) is 8.03. The Morgan fingerprint density at radius 3 is 2.87 bits per heavy atom. The molecule has 2 heterocycles. The Morgan fingerprint density at radius 1 is 1.29 bits per heavy atom. The lowest BCUT2D eigenvalue weighted by Gasteiger charge is -2.55. The van der Waals surface area contributed by atoms with Gasteiger partial charge in [-0.1, -0.05) is 19.9 Å². The molecule has 5 rings (SSSR count). The molecule has 0 spiro atoms. The third kappa shape index (κ3) is 4.19. The van der Waals surface area contributed by atoms with Crippen LogP contribution in [0.2, 0.25) is 0 Å². The molecule has 31 heavy (non-hydrogen) atoms. The number of likely N-dealkylation sites (tertiary alicyclic amines) is 1. The van der Waals surface area contributed by atoms with Gasteiger partial charge < -0.3 is 5.32 Å². The molecule has 3 unspecified atom stereocenters. The average Bonchev–Trinajstić information content (AvgIpc) is 3.58. The molecule has 164 valence electrons. The fraction of sp³-hybridized carbons (Fsp3) is 0.538. The molecule has 3 atom stereocenters. The van der Waals surface area contributed by atoms with Crippen LogP contribution in [0.1, 0.15) is 60.3 Å². The van der Waals surface area contributed by atoms with Crippen LogP contribution in [0.15, 0.2) is 41.0 Å². The van der Waals surface area contributed by atoms with Crippen LogP contribution < -0.4 is 5.32 Å². The van der Waals surface area contributed by atoms with Gasteiger partial charge in [0.1, 0.15) is 0 Å². The normalized spacial score (nSPS) is 27.6. The van der Waals surface area contributed by atoms with Crippen LogP contribution in [-0.2, 0) is 18.3 Å². The van der Waals surface area contributed by atoms with Gasteiger partial charge in [0.25, 0.3) is 5.91 Å². The van der Waals surface area contributed by atoms with Gasteiger partial charge in [-0.25, -0.2) is 0 Å².